The third-order valence-electron chi connectivity index (χ3n) is 1.52. The quantitative estimate of drug-likeness (QED) is 0.667. The lowest BCUT2D eigenvalue weighted by molar-refractivity contribution is 0.664. The summed E-state index contributed by atoms with van der Waals surface area (Å²) in [6.07, 6.45) is 4.21. The maximum Gasteiger partial charge on any atom is 0.186 e. The van der Waals surface area contributed by atoms with E-state index in [9.17, 15) is 0 Å². The van der Waals surface area contributed by atoms with Crippen LogP contribution < -0.4 is 0 Å². The molecule has 0 aliphatic heterocycles. The number of hydrogen-bond donors (Lipinski definition) is 0. The van der Waals surface area contributed by atoms with E-state index in [-0.39, 0.29) is 9.28 Å². The van der Waals surface area contributed by atoms with Gasteiger partial charge in [0.05, 0.1) is 7.59 Å². The molecular formula is C7H22OSi4. The molecule has 0 saturated heterocycles. The van der Waals surface area contributed by atoms with E-state index >= 15 is 0 Å². The number of hydrogen-bond acceptors (Lipinski definition) is 1. The molecule has 0 radical (unpaired) electrons. The first-order valence-corrected chi connectivity index (χ1v) is 17.0. The topological polar surface area (TPSA) is 9.23 Å². The maximum absolute atomic E-state index is 6.02. The lowest BCUT2D eigenvalue weighted by Gasteiger charge is -2.23. The molecule has 0 saturated carbocycles. The fraction of sp³-hybridized carbons (Fsp3) is 0.857. The molecule has 0 N–H and O–H groups in total. The predicted molar refractivity (Wildman–Crippen MR) is 69.2 cm³/mol. The van der Waals surface area contributed by atoms with Gasteiger partial charge in [0.15, 0.2) is 17.5 Å². The number of rotatable bonds is 4. The van der Waals surface area contributed by atoms with Crippen molar-refractivity contribution in [2.24, 2.45) is 0 Å². The molecule has 12 heavy (non-hydrogen) atoms. The molecular weight excluding hydrogens is 212 g/mol. The Bertz CT molecular complexity index is 165. The first-order chi connectivity index (χ1) is 5.13. The van der Waals surface area contributed by atoms with Crippen LogP contribution >= 0.6 is 0 Å². The Labute approximate surface area is 82.4 Å². The van der Waals surface area contributed by atoms with Crippen LogP contribution in [0.1, 0.15) is 0 Å². The average Bonchev–Trinajstić information content (AvgIpc) is 1.78. The molecule has 0 heterocycles. The van der Waals surface area contributed by atoms with Crippen molar-refractivity contribution in [2.45, 2.75) is 39.3 Å². The van der Waals surface area contributed by atoms with E-state index < -0.39 is 23.4 Å². The smallest absolute Gasteiger partial charge is 0.186 e. The van der Waals surface area contributed by atoms with Crippen LogP contribution in [0.25, 0.3) is 0 Å². The Morgan fingerprint density at radius 1 is 1.08 bits per heavy atom. The lowest BCUT2D eigenvalue weighted by atomic mass is 11.8. The van der Waals surface area contributed by atoms with E-state index in [1.54, 1.807) is 0 Å². The van der Waals surface area contributed by atoms with Crippen molar-refractivity contribution in [3.05, 3.63) is 0 Å². The summed E-state index contributed by atoms with van der Waals surface area (Å²) < 4.78 is 6.02. The third-order valence-corrected chi connectivity index (χ3v) is 16.2. The second kappa shape index (κ2) is 4.17. The molecule has 0 amide bonds. The van der Waals surface area contributed by atoms with Crippen LogP contribution in [0.2, 0.25) is 39.3 Å². The standard InChI is InChI=1S/C7H22OSi4/c1-10(12(5,6)7)8-9-11(2,3)4/h1,9H2,2-7H3. The van der Waals surface area contributed by atoms with E-state index in [2.05, 4.69) is 45.5 Å². The van der Waals surface area contributed by atoms with Crippen molar-refractivity contribution in [3.8, 4) is 0 Å². The van der Waals surface area contributed by atoms with Crippen molar-refractivity contribution in [1.82, 2.24) is 0 Å². The van der Waals surface area contributed by atoms with Gasteiger partial charge in [0.25, 0.3) is 0 Å². The summed E-state index contributed by atoms with van der Waals surface area (Å²) >= 11 is 0. The summed E-state index contributed by atoms with van der Waals surface area (Å²) in [5.74, 6) is 0. The first-order valence-electron chi connectivity index (χ1n) is 4.45. The zero-order valence-electron chi connectivity index (χ0n) is 9.32. The Kier molecular flexibility index (Phi) is 4.35. The fourth-order valence-electron chi connectivity index (χ4n) is 0.520. The summed E-state index contributed by atoms with van der Waals surface area (Å²) in [6, 6.07) is 0. The van der Waals surface area contributed by atoms with Crippen LogP contribution in [-0.4, -0.2) is 38.8 Å². The molecule has 0 aliphatic carbocycles. The average molecular weight is 235 g/mol. The van der Waals surface area contributed by atoms with Crippen LogP contribution in [0, 0.1) is 0 Å². The molecule has 0 aromatic rings. The van der Waals surface area contributed by atoms with Gasteiger partial charge in [-0.15, -0.1) is 0 Å². The van der Waals surface area contributed by atoms with Crippen LogP contribution in [0.5, 0.6) is 0 Å². The van der Waals surface area contributed by atoms with Gasteiger partial charge in [0.2, 0.25) is 0 Å². The minimum Gasteiger partial charge on any atom is -0.614 e. The Balaban J connectivity index is 3.90. The normalized spacial score (nSPS) is 13.8. The van der Waals surface area contributed by atoms with E-state index in [1.165, 1.54) is 0 Å². The highest BCUT2D eigenvalue weighted by atomic mass is 29.3. The van der Waals surface area contributed by atoms with Crippen molar-refractivity contribution in [2.75, 3.05) is 0 Å². The van der Waals surface area contributed by atoms with Crippen LogP contribution in [0.3, 0.4) is 0 Å². The van der Waals surface area contributed by atoms with Crippen molar-refractivity contribution in [1.29, 1.82) is 0 Å². The monoisotopic (exact) mass is 234 g/mol. The van der Waals surface area contributed by atoms with Gasteiger partial charge in [0.1, 0.15) is 7.59 Å². The van der Waals surface area contributed by atoms with Gasteiger partial charge < -0.3 is 4.12 Å². The minimum absolute atomic E-state index is 0.221. The van der Waals surface area contributed by atoms with Gasteiger partial charge >= 0.3 is 0 Å². The van der Waals surface area contributed by atoms with Crippen molar-refractivity contribution < 1.29 is 4.12 Å². The van der Waals surface area contributed by atoms with Gasteiger partial charge in [-0.1, -0.05) is 45.5 Å². The van der Waals surface area contributed by atoms with Gasteiger partial charge in [-0.2, -0.15) is 0 Å². The molecule has 0 aliphatic rings. The van der Waals surface area contributed by atoms with E-state index in [4.69, 9.17) is 4.12 Å². The molecule has 0 atom stereocenters. The third kappa shape index (κ3) is 6.10. The van der Waals surface area contributed by atoms with Crippen molar-refractivity contribution in [3.63, 3.8) is 0 Å². The molecule has 1 nitrogen and oxygen atoms in total. The summed E-state index contributed by atoms with van der Waals surface area (Å²) in [5, 5.41) is 0. The minimum atomic E-state index is -1.03. The van der Waals surface area contributed by atoms with Crippen molar-refractivity contribution >= 4 is 38.8 Å². The highest BCUT2D eigenvalue weighted by Crippen LogP contribution is 2.03. The van der Waals surface area contributed by atoms with Crippen LogP contribution in [0.15, 0.2) is 0 Å². The van der Waals surface area contributed by atoms with Gasteiger partial charge in [-0.3, -0.25) is 0 Å². The highest BCUT2D eigenvalue weighted by Gasteiger charge is 2.23. The molecule has 0 spiro atoms. The zero-order chi connectivity index (χ0) is 9.99. The van der Waals surface area contributed by atoms with E-state index in [0.29, 0.717) is 0 Å². The molecule has 0 aromatic carbocycles. The van der Waals surface area contributed by atoms with Gasteiger partial charge in [-0.25, -0.2) is 0 Å². The van der Waals surface area contributed by atoms with Crippen LogP contribution in [-0.2, 0) is 4.12 Å². The SMILES string of the molecule is C=[Si](O[SiH2][Si](C)(C)C)[Si](C)(C)C. The fourth-order valence-corrected chi connectivity index (χ4v) is 16.0. The second-order valence-corrected chi connectivity index (χ2v) is 30.8. The maximum atomic E-state index is 6.02. The van der Waals surface area contributed by atoms with Crippen LogP contribution in [0.4, 0.5) is 0 Å². The molecule has 0 aromatic heterocycles. The Morgan fingerprint density at radius 2 is 1.50 bits per heavy atom. The molecule has 0 rings (SSSR count). The van der Waals surface area contributed by atoms with Gasteiger partial charge in [-0.05, 0) is 0 Å². The predicted octanol–water partition coefficient (Wildman–Crippen LogP) is 1.34. The highest BCUT2D eigenvalue weighted by molar-refractivity contribution is 7.32. The molecule has 0 unspecified atom stereocenters. The summed E-state index contributed by atoms with van der Waals surface area (Å²) in [4.78, 5) is 0. The van der Waals surface area contributed by atoms with Gasteiger partial charge in [0, 0.05) is 0 Å². The summed E-state index contributed by atoms with van der Waals surface area (Å²) in [7, 11) is -2.78. The molecule has 0 bridgehead atoms. The zero-order valence-corrected chi connectivity index (χ0v) is 13.7. The summed E-state index contributed by atoms with van der Waals surface area (Å²) in [6.45, 7) is 14.3. The molecule has 5 heteroatoms. The largest absolute Gasteiger partial charge is 0.614 e. The summed E-state index contributed by atoms with van der Waals surface area (Å²) in [5.41, 5.74) is 0. The van der Waals surface area contributed by atoms with E-state index in [0.717, 1.165) is 0 Å². The second-order valence-electron chi connectivity index (χ2n) is 5.52. The van der Waals surface area contributed by atoms with E-state index in [1.807, 2.05) is 0 Å². The molecule has 0 fully saturated rings. The Hall–Kier alpha value is 0.538. The molecule has 72 valence electrons. The Morgan fingerprint density at radius 3 is 1.75 bits per heavy atom. The lowest BCUT2D eigenvalue weighted by Crippen LogP contribution is -2.44. The first kappa shape index (κ1) is 12.5.